The molecule has 3 nitrogen and oxygen atoms in total. The minimum Gasteiger partial charge on any atom is -0.480 e. The lowest BCUT2D eigenvalue weighted by Gasteiger charge is -2.25. The fourth-order valence-electron chi connectivity index (χ4n) is 2.21. The molecule has 2 aromatic rings. The smallest absolute Gasteiger partial charge is 0.325 e. The molecule has 0 radical (unpaired) electrons. The standard InChI is InChI=1S/C16H16FNO2/c1-18(11-13-9-5-6-10-14(13)17)15(16(19)20)12-7-3-2-4-8-12/h2-10,15H,11H2,1H3,(H,19,20). The highest BCUT2D eigenvalue weighted by Gasteiger charge is 2.24. The summed E-state index contributed by atoms with van der Waals surface area (Å²) in [5, 5.41) is 9.41. The molecule has 0 saturated heterocycles. The molecule has 0 amide bonds. The first-order chi connectivity index (χ1) is 9.59. The van der Waals surface area contributed by atoms with E-state index in [0.29, 0.717) is 11.1 Å². The van der Waals surface area contributed by atoms with Gasteiger partial charge in [-0.15, -0.1) is 0 Å². The van der Waals surface area contributed by atoms with E-state index < -0.39 is 12.0 Å². The molecule has 0 aliphatic carbocycles. The van der Waals surface area contributed by atoms with Gasteiger partial charge in [0.05, 0.1) is 0 Å². The first-order valence-corrected chi connectivity index (χ1v) is 6.31. The highest BCUT2D eigenvalue weighted by molar-refractivity contribution is 5.75. The van der Waals surface area contributed by atoms with Gasteiger partial charge in [-0.25, -0.2) is 4.39 Å². The van der Waals surface area contributed by atoms with Crippen molar-refractivity contribution in [2.75, 3.05) is 7.05 Å². The zero-order chi connectivity index (χ0) is 14.5. The van der Waals surface area contributed by atoms with Crippen molar-refractivity contribution in [3.05, 3.63) is 71.5 Å². The molecular weight excluding hydrogens is 257 g/mol. The van der Waals surface area contributed by atoms with E-state index in [1.807, 2.05) is 6.07 Å². The molecule has 1 atom stereocenters. The monoisotopic (exact) mass is 273 g/mol. The first-order valence-electron chi connectivity index (χ1n) is 6.31. The SMILES string of the molecule is CN(Cc1ccccc1F)C(C(=O)O)c1ccccc1. The molecule has 0 heterocycles. The van der Waals surface area contributed by atoms with E-state index in [-0.39, 0.29) is 12.4 Å². The van der Waals surface area contributed by atoms with Gasteiger partial charge in [0.1, 0.15) is 11.9 Å². The number of carbonyl (C=O) groups is 1. The van der Waals surface area contributed by atoms with E-state index in [1.165, 1.54) is 6.07 Å². The van der Waals surface area contributed by atoms with Crippen LogP contribution in [0.25, 0.3) is 0 Å². The fraction of sp³-hybridized carbons (Fsp3) is 0.188. The third kappa shape index (κ3) is 3.22. The Hall–Kier alpha value is -2.20. The predicted octanol–water partition coefficient (Wildman–Crippen LogP) is 3.08. The number of rotatable bonds is 5. The van der Waals surface area contributed by atoms with Gasteiger partial charge in [0.15, 0.2) is 0 Å². The topological polar surface area (TPSA) is 40.5 Å². The summed E-state index contributed by atoms with van der Waals surface area (Å²) in [5.74, 6) is -1.27. The van der Waals surface area contributed by atoms with Crippen LogP contribution in [0.5, 0.6) is 0 Å². The Balaban J connectivity index is 2.23. The molecule has 4 heteroatoms. The van der Waals surface area contributed by atoms with Crippen molar-refractivity contribution < 1.29 is 14.3 Å². The lowest BCUT2D eigenvalue weighted by Crippen LogP contribution is -2.30. The van der Waals surface area contributed by atoms with Crippen LogP contribution in [-0.4, -0.2) is 23.0 Å². The lowest BCUT2D eigenvalue weighted by molar-refractivity contribution is -0.143. The van der Waals surface area contributed by atoms with Crippen LogP contribution in [0.2, 0.25) is 0 Å². The average molecular weight is 273 g/mol. The highest BCUT2D eigenvalue weighted by Crippen LogP contribution is 2.22. The molecule has 1 unspecified atom stereocenters. The van der Waals surface area contributed by atoms with Crippen molar-refractivity contribution in [1.29, 1.82) is 0 Å². The molecule has 2 rings (SSSR count). The van der Waals surface area contributed by atoms with Gasteiger partial charge in [-0.2, -0.15) is 0 Å². The summed E-state index contributed by atoms with van der Waals surface area (Å²) in [6, 6.07) is 14.5. The lowest BCUT2D eigenvalue weighted by atomic mass is 10.0. The largest absolute Gasteiger partial charge is 0.480 e. The number of hydrogen-bond acceptors (Lipinski definition) is 2. The molecule has 0 aliphatic heterocycles. The molecule has 0 spiro atoms. The Morgan fingerprint density at radius 1 is 1.15 bits per heavy atom. The molecule has 0 aromatic heterocycles. The van der Waals surface area contributed by atoms with E-state index in [2.05, 4.69) is 0 Å². The van der Waals surface area contributed by atoms with Crippen molar-refractivity contribution >= 4 is 5.97 Å². The number of halogens is 1. The average Bonchev–Trinajstić information content (AvgIpc) is 2.42. The Kier molecular flexibility index (Phi) is 4.48. The minimum atomic E-state index is -0.949. The van der Waals surface area contributed by atoms with Crippen LogP contribution in [0.15, 0.2) is 54.6 Å². The van der Waals surface area contributed by atoms with E-state index in [4.69, 9.17) is 0 Å². The zero-order valence-corrected chi connectivity index (χ0v) is 11.2. The molecule has 0 aliphatic rings. The summed E-state index contributed by atoms with van der Waals surface area (Å²) in [4.78, 5) is 13.1. The van der Waals surface area contributed by atoms with Crippen LogP contribution >= 0.6 is 0 Å². The highest BCUT2D eigenvalue weighted by atomic mass is 19.1. The zero-order valence-electron chi connectivity index (χ0n) is 11.2. The third-order valence-corrected chi connectivity index (χ3v) is 3.17. The first kappa shape index (κ1) is 14.2. The third-order valence-electron chi connectivity index (χ3n) is 3.17. The van der Waals surface area contributed by atoms with Crippen LogP contribution in [0.1, 0.15) is 17.2 Å². The van der Waals surface area contributed by atoms with Gasteiger partial charge in [-0.05, 0) is 18.7 Å². The second-order valence-corrected chi connectivity index (χ2v) is 4.66. The van der Waals surface area contributed by atoms with E-state index in [1.54, 1.807) is 54.4 Å². The summed E-state index contributed by atoms with van der Waals surface area (Å²) in [6.07, 6.45) is 0. The number of carboxylic acid groups (broad SMARTS) is 1. The minimum absolute atomic E-state index is 0.235. The van der Waals surface area contributed by atoms with Crippen LogP contribution in [0.4, 0.5) is 4.39 Å². The summed E-state index contributed by atoms with van der Waals surface area (Å²) in [7, 11) is 1.68. The molecule has 0 bridgehead atoms. The van der Waals surface area contributed by atoms with Crippen molar-refractivity contribution in [2.45, 2.75) is 12.6 Å². The van der Waals surface area contributed by atoms with Crippen molar-refractivity contribution in [3.8, 4) is 0 Å². The quantitative estimate of drug-likeness (QED) is 0.910. The number of likely N-dealkylation sites (N-methyl/N-ethyl adjacent to an activating group) is 1. The van der Waals surface area contributed by atoms with Crippen LogP contribution < -0.4 is 0 Å². The molecule has 104 valence electrons. The van der Waals surface area contributed by atoms with Gasteiger partial charge in [0.2, 0.25) is 0 Å². The Labute approximate surface area is 117 Å². The number of benzene rings is 2. The summed E-state index contributed by atoms with van der Waals surface area (Å²) in [5.41, 5.74) is 1.16. The normalized spacial score (nSPS) is 12.3. The van der Waals surface area contributed by atoms with E-state index in [0.717, 1.165) is 0 Å². The summed E-state index contributed by atoms with van der Waals surface area (Å²) < 4.78 is 13.6. The maximum absolute atomic E-state index is 13.6. The molecule has 20 heavy (non-hydrogen) atoms. The number of carboxylic acids is 1. The summed E-state index contributed by atoms with van der Waals surface area (Å²) in [6.45, 7) is 0.235. The number of hydrogen-bond donors (Lipinski definition) is 1. The van der Waals surface area contributed by atoms with Crippen LogP contribution in [0, 0.1) is 5.82 Å². The second kappa shape index (κ2) is 6.30. The van der Waals surface area contributed by atoms with Gasteiger partial charge in [0.25, 0.3) is 0 Å². The van der Waals surface area contributed by atoms with Gasteiger partial charge in [0, 0.05) is 12.1 Å². The maximum Gasteiger partial charge on any atom is 0.325 e. The molecule has 0 saturated carbocycles. The predicted molar refractivity (Wildman–Crippen MR) is 74.7 cm³/mol. The van der Waals surface area contributed by atoms with Gasteiger partial charge >= 0.3 is 5.97 Å². The molecule has 1 N–H and O–H groups in total. The maximum atomic E-state index is 13.6. The van der Waals surface area contributed by atoms with Crippen LogP contribution in [-0.2, 0) is 11.3 Å². The van der Waals surface area contributed by atoms with Crippen LogP contribution in [0.3, 0.4) is 0 Å². The fourth-order valence-corrected chi connectivity index (χ4v) is 2.21. The van der Waals surface area contributed by atoms with Crippen molar-refractivity contribution in [2.24, 2.45) is 0 Å². The summed E-state index contributed by atoms with van der Waals surface area (Å²) >= 11 is 0. The molecular formula is C16H16FNO2. The van der Waals surface area contributed by atoms with E-state index >= 15 is 0 Å². The number of nitrogens with zero attached hydrogens (tertiary/aromatic N) is 1. The van der Waals surface area contributed by atoms with Crippen molar-refractivity contribution in [1.82, 2.24) is 4.90 Å². The Morgan fingerprint density at radius 3 is 2.35 bits per heavy atom. The van der Waals surface area contributed by atoms with Crippen molar-refractivity contribution in [3.63, 3.8) is 0 Å². The second-order valence-electron chi connectivity index (χ2n) is 4.66. The van der Waals surface area contributed by atoms with Gasteiger partial charge in [-0.1, -0.05) is 48.5 Å². The Bertz CT molecular complexity index is 586. The number of aliphatic carboxylic acids is 1. The Morgan fingerprint density at radius 2 is 1.75 bits per heavy atom. The molecule has 2 aromatic carbocycles. The van der Waals surface area contributed by atoms with Gasteiger partial charge < -0.3 is 5.11 Å². The molecule has 0 fully saturated rings. The van der Waals surface area contributed by atoms with E-state index in [9.17, 15) is 14.3 Å². The van der Waals surface area contributed by atoms with Gasteiger partial charge in [-0.3, -0.25) is 9.69 Å².